The number of hydrogen-bond donors (Lipinski definition) is 3. The second-order valence-electron chi connectivity index (χ2n) is 7.85. The third-order valence-electron chi connectivity index (χ3n) is 5.39. The Labute approximate surface area is 182 Å². The van der Waals surface area contributed by atoms with Gasteiger partial charge in [-0.15, -0.1) is 5.10 Å². The van der Waals surface area contributed by atoms with Gasteiger partial charge in [-0.2, -0.15) is 11.3 Å². The minimum absolute atomic E-state index is 0.0957. The van der Waals surface area contributed by atoms with Crippen LogP contribution in [0.5, 0.6) is 0 Å². The van der Waals surface area contributed by atoms with Gasteiger partial charge in [-0.3, -0.25) is 4.79 Å². The van der Waals surface area contributed by atoms with Crippen LogP contribution in [0.4, 0.5) is 8.78 Å². The molecule has 0 radical (unpaired) electrons. The van der Waals surface area contributed by atoms with Gasteiger partial charge in [0.1, 0.15) is 17.3 Å². The molecule has 164 valence electrons. The summed E-state index contributed by atoms with van der Waals surface area (Å²) in [6.07, 6.45) is 2.69. The number of aliphatic hydroxyl groups is 1. The van der Waals surface area contributed by atoms with Crippen LogP contribution in [0.1, 0.15) is 31.0 Å². The summed E-state index contributed by atoms with van der Waals surface area (Å²) in [6.45, 7) is 1.51. The molecule has 2 aromatic heterocycles. The summed E-state index contributed by atoms with van der Waals surface area (Å²) in [5.41, 5.74) is 1.71. The second kappa shape index (κ2) is 8.81. The Morgan fingerprint density at radius 3 is 2.68 bits per heavy atom. The summed E-state index contributed by atoms with van der Waals surface area (Å²) in [4.78, 5) is 11.6. The van der Waals surface area contributed by atoms with Crippen molar-refractivity contribution in [2.45, 2.75) is 43.9 Å². The number of nitrogens with zero attached hydrogens (tertiary/aromatic N) is 3. The van der Waals surface area contributed by atoms with Crippen LogP contribution in [-0.2, 0) is 16.8 Å². The lowest BCUT2D eigenvalue weighted by Gasteiger charge is -2.26. The maximum atomic E-state index is 13.5. The van der Waals surface area contributed by atoms with E-state index in [0.29, 0.717) is 5.56 Å². The van der Waals surface area contributed by atoms with Crippen LogP contribution in [-0.4, -0.2) is 44.7 Å². The first-order valence-electron chi connectivity index (χ1n) is 9.95. The molecule has 0 aliphatic heterocycles. The quantitative estimate of drug-likeness (QED) is 0.468. The molecule has 0 saturated heterocycles. The number of hydrogen-bond acceptors (Lipinski definition) is 6. The number of rotatable bonds is 9. The average Bonchev–Trinajstić information content (AvgIpc) is 3.09. The molecule has 2 heterocycles. The lowest BCUT2D eigenvalue weighted by atomic mass is 10.00. The lowest BCUT2D eigenvalue weighted by Crippen LogP contribution is -2.49. The zero-order valence-electron chi connectivity index (χ0n) is 16.9. The molecule has 1 amide bonds. The van der Waals surface area contributed by atoms with Crippen molar-refractivity contribution in [3.05, 3.63) is 64.1 Å². The van der Waals surface area contributed by atoms with Crippen molar-refractivity contribution in [2.24, 2.45) is 0 Å². The average molecular weight is 448 g/mol. The van der Waals surface area contributed by atoms with Crippen LogP contribution in [0.2, 0.25) is 0 Å². The van der Waals surface area contributed by atoms with Gasteiger partial charge in [0.25, 0.3) is 0 Å². The Morgan fingerprint density at radius 2 is 2.06 bits per heavy atom. The minimum atomic E-state index is -0.973. The summed E-state index contributed by atoms with van der Waals surface area (Å²) in [6, 6.07) is 4.43. The predicted molar refractivity (Wildman–Crippen MR) is 112 cm³/mol. The molecule has 1 aliphatic rings. The van der Waals surface area contributed by atoms with E-state index in [-0.39, 0.29) is 24.4 Å². The Kier molecular flexibility index (Phi) is 6.12. The molecule has 1 saturated carbocycles. The molecular weight excluding hydrogens is 424 g/mol. The SMILES string of the molecule is CC(=O)NC(Cc1cc(F)cc(F)c1)C(O)CNC1(c2cn(-c3ccsc3)nn2)CC1. The van der Waals surface area contributed by atoms with Gasteiger partial charge in [-0.1, -0.05) is 5.21 Å². The molecule has 7 nitrogen and oxygen atoms in total. The van der Waals surface area contributed by atoms with Crippen molar-refractivity contribution in [3.63, 3.8) is 0 Å². The fraction of sp³-hybridized carbons (Fsp3) is 0.381. The molecule has 4 rings (SSSR count). The van der Waals surface area contributed by atoms with E-state index < -0.39 is 23.8 Å². The van der Waals surface area contributed by atoms with Crippen LogP contribution >= 0.6 is 11.3 Å². The molecule has 2 unspecified atom stereocenters. The molecule has 3 aromatic rings. The van der Waals surface area contributed by atoms with Gasteiger partial charge in [-0.25, -0.2) is 13.5 Å². The molecule has 0 spiro atoms. The van der Waals surface area contributed by atoms with Crippen LogP contribution in [0.25, 0.3) is 5.69 Å². The maximum Gasteiger partial charge on any atom is 0.217 e. The van der Waals surface area contributed by atoms with Crippen molar-refractivity contribution < 1.29 is 18.7 Å². The second-order valence-corrected chi connectivity index (χ2v) is 8.63. The molecule has 1 fully saturated rings. The Balaban J connectivity index is 1.42. The summed E-state index contributed by atoms with van der Waals surface area (Å²) < 4.78 is 28.8. The van der Waals surface area contributed by atoms with E-state index in [9.17, 15) is 18.7 Å². The van der Waals surface area contributed by atoms with Gasteiger partial charge >= 0.3 is 0 Å². The van der Waals surface area contributed by atoms with Gasteiger partial charge in [0.15, 0.2) is 0 Å². The number of benzene rings is 1. The van der Waals surface area contributed by atoms with Gasteiger partial charge in [0, 0.05) is 24.9 Å². The summed E-state index contributed by atoms with van der Waals surface area (Å²) >= 11 is 1.57. The number of amides is 1. The summed E-state index contributed by atoms with van der Waals surface area (Å²) in [7, 11) is 0. The molecule has 3 N–H and O–H groups in total. The molecule has 1 aromatic carbocycles. The van der Waals surface area contributed by atoms with E-state index in [1.54, 1.807) is 16.0 Å². The van der Waals surface area contributed by atoms with E-state index in [0.717, 1.165) is 30.3 Å². The van der Waals surface area contributed by atoms with Gasteiger partial charge in [0.05, 0.1) is 29.6 Å². The lowest BCUT2D eigenvalue weighted by molar-refractivity contribution is -0.120. The first-order valence-corrected chi connectivity index (χ1v) is 10.9. The van der Waals surface area contributed by atoms with Crippen molar-refractivity contribution >= 4 is 17.2 Å². The van der Waals surface area contributed by atoms with Crippen molar-refractivity contribution in [2.75, 3.05) is 6.54 Å². The number of aromatic nitrogens is 3. The first-order chi connectivity index (χ1) is 14.8. The van der Waals surface area contributed by atoms with Crippen LogP contribution in [0.3, 0.4) is 0 Å². The Morgan fingerprint density at radius 1 is 1.32 bits per heavy atom. The van der Waals surface area contributed by atoms with E-state index in [1.807, 2.05) is 23.0 Å². The smallest absolute Gasteiger partial charge is 0.217 e. The molecular formula is C21H23F2N5O2S. The zero-order valence-corrected chi connectivity index (χ0v) is 17.7. The van der Waals surface area contributed by atoms with Gasteiger partial charge < -0.3 is 15.7 Å². The van der Waals surface area contributed by atoms with Crippen molar-refractivity contribution in [1.82, 2.24) is 25.6 Å². The monoisotopic (exact) mass is 447 g/mol. The number of carbonyl (C=O) groups is 1. The molecule has 1 aliphatic carbocycles. The molecule has 31 heavy (non-hydrogen) atoms. The highest BCUT2D eigenvalue weighted by atomic mass is 32.1. The summed E-state index contributed by atoms with van der Waals surface area (Å²) in [5.74, 6) is -1.73. The maximum absolute atomic E-state index is 13.5. The normalized spacial score (nSPS) is 16.6. The fourth-order valence-electron chi connectivity index (χ4n) is 3.61. The highest BCUT2D eigenvalue weighted by Gasteiger charge is 2.47. The van der Waals surface area contributed by atoms with E-state index >= 15 is 0 Å². The molecule has 10 heteroatoms. The topological polar surface area (TPSA) is 92.1 Å². The number of aliphatic hydroxyl groups excluding tert-OH is 1. The first kappa shape index (κ1) is 21.5. The van der Waals surface area contributed by atoms with Gasteiger partial charge in [-0.05, 0) is 48.4 Å². The highest BCUT2D eigenvalue weighted by Crippen LogP contribution is 2.44. The third kappa shape index (κ3) is 5.15. The van der Waals surface area contributed by atoms with E-state index in [1.165, 1.54) is 19.1 Å². The number of thiophene rings is 1. The van der Waals surface area contributed by atoms with Crippen molar-refractivity contribution in [3.8, 4) is 5.69 Å². The van der Waals surface area contributed by atoms with E-state index in [4.69, 9.17) is 0 Å². The predicted octanol–water partition coefficient (Wildman–Crippen LogP) is 2.29. The van der Waals surface area contributed by atoms with Crippen LogP contribution < -0.4 is 10.6 Å². The fourth-order valence-corrected chi connectivity index (χ4v) is 4.24. The van der Waals surface area contributed by atoms with Crippen LogP contribution in [0.15, 0.2) is 41.2 Å². The zero-order chi connectivity index (χ0) is 22.0. The van der Waals surface area contributed by atoms with Crippen molar-refractivity contribution in [1.29, 1.82) is 0 Å². The standard InChI is InChI=1S/C21H23F2N5O2S/c1-13(29)25-18(8-14-6-15(22)9-16(23)7-14)19(30)10-24-21(3-4-21)20-11-28(27-26-20)17-2-5-31-12-17/h2,5-7,9,11-12,18-19,24,30H,3-4,8,10H2,1H3,(H,25,29). The summed E-state index contributed by atoms with van der Waals surface area (Å²) in [5, 5.41) is 29.2. The Bertz CT molecular complexity index is 1030. The largest absolute Gasteiger partial charge is 0.390 e. The van der Waals surface area contributed by atoms with E-state index in [2.05, 4.69) is 20.9 Å². The third-order valence-corrected chi connectivity index (χ3v) is 6.06. The number of nitrogens with one attached hydrogen (secondary N) is 2. The van der Waals surface area contributed by atoms with Gasteiger partial charge in [0.2, 0.25) is 5.91 Å². The number of halogens is 2. The minimum Gasteiger partial charge on any atom is -0.390 e. The number of carbonyl (C=O) groups excluding carboxylic acids is 1. The van der Waals surface area contributed by atoms with Crippen LogP contribution in [0, 0.1) is 11.6 Å². The highest BCUT2D eigenvalue weighted by molar-refractivity contribution is 7.08. The molecule has 0 bridgehead atoms. The molecule has 2 atom stereocenters. The Hall–Kier alpha value is -2.69.